The van der Waals surface area contributed by atoms with E-state index in [1.807, 2.05) is 0 Å². The average molecular weight is 383 g/mol. The molecule has 0 aliphatic rings. The van der Waals surface area contributed by atoms with Crippen LogP contribution < -0.4 is 10.9 Å². The fourth-order valence-electron chi connectivity index (χ4n) is 1.99. The maximum Gasteiger partial charge on any atom is 0.239 e. The first-order valence-electron chi connectivity index (χ1n) is 7.20. The zero-order valence-electron chi connectivity index (χ0n) is 12.7. The Bertz CT molecular complexity index is 900. The molecule has 0 unspecified atom stereocenters. The zero-order valence-corrected chi connectivity index (χ0v) is 14.3. The van der Waals surface area contributed by atoms with E-state index in [0.29, 0.717) is 10.5 Å². The first kappa shape index (κ1) is 17.6. The third-order valence-corrected chi connectivity index (χ3v) is 5.07. The van der Waals surface area contributed by atoms with Gasteiger partial charge in [0.25, 0.3) is 0 Å². The quantitative estimate of drug-likeness (QED) is 0.491. The van der Waals surface area contributed by atoms with Crippen LogP contribution in [-0.4, -0.2) is 16.6 Å². The number of anilines is 1. The molecule has 25 heavy (non-hydrogen) atoms. The molecule has 0 saturated heterocycles. The van der Waals surface area contributed by atoms with Gasteiger partial charge in [0, 0.05) is 23.1 Å². The van der Waals surface area contributed by atoms with Crippen LogP contribution in [0.25, 0.3) is 10.2 Å². The summed E-state index contributed by atoms with van der Waals surface area (Å²) < 4.78 is 39.9. The van der Waals surface area contributed by atoms with E-state index in [2.05, 4.69) is 15.8 Å². The van der Waals surface area contributed by atoms with E-state index in [1.165, 1.54) is 30.0 Å². The topological polar surface area (TPSA) is 54.0 Å². The minimum atomic E-state index is -0.749. The molecule has 0 spiro atoms. The number of nitrogens with one attached hydrogen (secondary N) is 2. The Morgan fingerprint density at radius 2 is 1.88 bits per heavy atom. The molecular formula is C16H12F3N3OS2. The van der Waals surface area contributed by atoms with Crippen molar-refractivity contribution in [3.8, 4) is 0 Å². The summed E-state index contributed by atoms with van der Waals surface area (Å²) in [5.74, 6) is -1.50. The highest BCUT2D eigenvalue weighted by Gasteiger charge is 2.11. The number of carbonyl (C=O) groups excluding carboxylic acids is 1. The number of benzene rings is 2. The number of aromatic nitrogens is 1. The number of carbonyl (C=O) groups is 1. The molecule has 3 aromatic rings. The number of nitrogens with zero attached hydrogens (tertiary/aromatic N) is 1. The second-order valence-electron chi connectivity index (χ2n) is 4.98. The van der Waals surface area contributed by atoms with E-state index in [-0.39, 0.29) is 28.8 Å². The van der Waals surface area contributed by atoms with Crippen molar-refractivity contribution in [2.45, 2.75) is 11.3 Å². The van der Waals surface area contributed by atoms with Gasteiger partial charge in [-0.05, 0) is 30.3 Å². The molecule has 2 N–H and O–H groups in total. The molecule has 0 fully saturated rings. The summed E-state index contributed by atoms with van der Waals surface area (Å²) >= 11 is 2.46. The van der Waals surface area contributed by atoms with Crippen LogP contribution in [0.1, 0.15) is 6.42 Å². The highest BCUT2D eigenvalue weighted by atomic mass is 32.2. The van der Waals surface area contributed by atoms with Crippen molar-refractivity contribution in [1.82, 2.24) is 10.4 Å². The van der Waals surface area contributed by atoms with E-state index >= 15 is 0 Å². The van der Waals surface area contributed by atoms with Crippen molar-refractivity contribution >= 4 is 44.4 Å². The molecule has 0 aliphatic heterocycles. The van der Waals surface area contributed by atoms with Crippen LogP contribution in [0.15, 0.2) is 41.3 Å². The van der Waals surface area contributed by atoms with Crippen molar-refractivity contribution in [1.29, 1.82) is 0 Å². The number of hydrogen-bond acceptors (Lipinski definition) is 5. The van der Waals surface area contributed by atoms with Gasteiger partial charge < -0.3 is 0 Å². The number of fused-ring (bicyclic) bond motifs is 1. The molecule has 0 radical (unpaired) electrons. The minimum Gasteiger partial charge on any atom is -0.273 e. The Morgan fingerprint density at radius 3 is 2.64 bits per heavy atom. The number of halogens is 3. The molecule has 1 amide bonds. The predicted molar refractivity (Wildman–Crippen MR) is 93.0 cm³/mol. The van der Waals surface area contributed by atoms with E-state index < -0.39 is 11.6 Å². The lowest BCUT2D eigenvalue weighted by atomic mass is 10.3. The van der Waals surface area contributed by atoms with Crippen molar-refractivity contribution in [3.63, 3.8) is 0 Å². The number of amides is 1. The van der Waals surface area contributed by atoms with Gasteiger partial charge in [0.1, 0.15) is 17.2 Å². The largest absolute Gasteiger partial charge is 0.273 e. The molecule has 0 bridgehead atoms. The molecule has 4 nitrogen and oxygen atoms in total. The number of thiazole rings is 1. The fourth-order valence-corrected chi connectivity index (χ4v) is 3.70. The van der Waals surface area contributed by atoms with Crippen molar-refractivity contribution < 1.29 is 18.0 Å². The lowest BCUT2D eigenvalue weighted by Crippen LogP contribution is -2.29. The summed E-state index contributed by atoms with van der Waals surface area (Å²) in [5, 5.41) is 0.263. The predicted octanol–water partition coefficient (Wildman–Crippen LogP) is 4.34. The molecule has 1 heterocycles. The van der Waals surface area contributed by atoms with Crippen LogP contribution in [0.4, 0.5) is 18.3 Å². The van der Waals surface area contributed by atoms with E-state index in [4.69, 9.17) is 0 Å². The lowest BCUT2D eigenvalue weighted by Gasteiger charge is -2.05. The monoisotopic (exact) mass is 383 g/mol. The Kier molecular flexibility index (Phi) is 5.44. The van der Waals surface area contributed by atoms with Gasteiger partial charge in [0.05, 0.1) is 4.70 Å². The van der Waals surface area contributed by atoms with E-state index in [9.17, 15) is 18.0 Å². The number of thioether (sulfide) groups is 1. The molecule has 2 aromatic carbocycles. The Labute approximate surface area is 149 Å². The smallest absolute Gasteiger partial charge is 0.239 e. The fraction of sp³-hybridized carbons (Fsp3) is 0.125. The second kappa shape index (κ2) is 7.75. The van der Waals surface area contributed by atoms with Crippen LogP contribution in [0.2, 0.25) is 0 Å². The molecular weight excluding hydrogens is 371 g/mol. The maximum atomic E-state index is 13.6. The SMILES string of the molecule is O=C(CCSc1ccc(F)cc1)NNc1nc2c(F)cc(F)cc2s1. The van der Waals surface area contributed by atoms with Gasteiger partial charge in [0.2, 0.25) is 11.0 Å². The van der Waals surface area contributed by atoms with Crippen molar-refractivity contribution in [3.05, 3.63) is 53.8 Å². The zero-order chi connectivity index (χ0) is 17.8. The average Bonchev–Trinajstić information content (AvgIpc) is 2.98. The molecule has 0 aliphatic carbocycles. The summed E-state index contributed by atoms with van der Waals surface area (Å²) in [6.07, 6.45) is 0.225. The van der Waals surface area contributed by atoms with Gasteiger partial charge in [-0.25, -0.2) is 18.2 Å². The van der Waals surface area contributed by atoms with Crippen molar-refractivity contribution in [2.24, 2.45) is 0 Å². The molecule has 130 valence electrons. The van der Waals surface area contributed by atoms with Gasteiger partial charge >= 0.3 is 0 Å². The summed E-state index contributed by atoms with van der Waals surface area (Å²) in [7, 11) is 0. The highest BCUT2D eigenvalue weighted by Crippen LogP contribution is 2.28. The second-order valence-corrected chi connectivity index (χ2v) is 7.18. The number of hydrogen-bond donors (Lipinski definition) is 2. The Morgan fingerprint density at radius 1 is 1.12 bits per heavy atom. The first-order valence-corrected chi connectivity index (χ1v) is 9.00. The summed E-state index contributed by atoms with van der Waals surface area (Å²) in [6.45, 7) is 0. The summed E-state index contributed by atoms with van der Waals surface area (Å²) in [5.41, 5.74) is 5.11. The van der Waals surface area contributed by atoms with Gasteiger partial charge in [0.15, 0.2) is 5.82 Å². The van der Waals surface area contributed by atoms with Gasteiger partial charge in [-0.1, -0.05) is 11.3 Å². The first-order chi connectivity index (χ1) is 12.0. The lowest BCUT2D eigenvalue weighted by molar-refractivity contribution is -0.120. The molecule has 9 heteroatoms. The van der Waals surface area contributed by atoms with Crippen LogP contribution >= 0.6 is 23.1 Å². The molecule has 3 rings (SSSR count). The summed E-state index contributed by atoms with van der Waals surface area (Å²) in [6, 6.07) is 7.95. The molecule has 0 atom stereocenters. The Hall–Kier alpha value is -2.26. The van der Waals surface area contributed by atoms with Crippen LogP contribution in [0.5, 0.6) is 0 Å². The number of hydrazine groups is 1. The normalized spacial score (nSPS) is 10.8. The van der Waals surface area contributed by atoms with Crippen LogP contribution in [0, 0.1) is 17.5 Å². The standard InChI is InChI=1S/C16H12F3N3OS2/c17-9-1-3-11(4-2-9)24-6-5-14(23)21-22-16-20-15-12(19)7-10(18)8-13(15)25-16/h1-4,7-8H,5-6H2,(H,20,22)(H,21,23). The highest BCUT2D eigenvalue weighted by molar-refractivity contribution is 7.99. The van der Waals surface area contributed by atoms with E-state index in [1.54, 1.807) is 12.1 Å². The summed E-state index contributed by atoms with van der Waals surface area (Å²) in [4.78, 5) is 16.6. The maximum absolute atomic E-state index is 13.6. The molecule has 1 aromatic heterocycles. The minimum absolute atomic E-state index is 0.0509. The van der Waals surface area contributed by atoms with Gasteiger partial charge in [-0.15, -0.1) is 11.8 Å². The number of rotatable bonds is 6. The van der Waals surface area contributed by atoms with E-state index in [0.717, 1.165) is 22.3 Å². The van der Waals surface area contributed by atoms with Crippen molar-refractivity contribution in [2.75, 3.05) is 11.2 Å². The van der Waals surface area contributed by atoms with Gasteiger partial charge in [-0.3, -0.25) is 15.6 Å². The van der Waals surface area contributed by atoms with Crippen LogP contribution in [0.3, 0.4) is 0 Å². The van der Waals surface area contributed by atoms with Gasteiger partial charge in [-0.2, -0.15) is 0 Å². The Balaban J connectivity index is 1.49. The third-order valence-electron chi connectivity index (χ3n) is 3.13. The van der Waals surface area contributed by atoms with Crippen LogP contribution in [-0.2, 0) is 4.79 Å². The molecule has 0 saturated carbocycles. The third kappa shape index (κ3) is 4.64.